The minimum atomic E-state index is 0.102. The molecule has 7 heteroatoms. The molecule has 2 heterocycles. The SMILES string of the molecule is N#Cc1c(N)nn(-c2ccc(Br)cn2)c1N. The van der Waals surface area contributed by atoms with Crippen molar-refractivity contribution < 1.29 is 0 Å². The highest BCUT2D eigenvalue weighted by Crippen LogP contribution is 2.21. The third-order valence-electron chi connectivity index (χ3n) is 1.99. The summed E-state index contributed by atoms with van der Waals surface area (Å²) in [4.78, 5) is 4.11. The summed E-state index contributed by atoms with van der Waals surface area (Å²) in [5, 5.41) is 12.8. The van der Waals surface area contributed by atoms with Crippen molar-refractivity contribution in [3.05, 3.63) is 28.4 Å². The number of hydrogen-bond donors (Lipinski definition) is 2. The third-order valence-corrected chi connectivity index (χ3v) is 2.46. The fourth-order valence-corrected chi connectivity index (χ4v) is 1.47. The molecule has 0 radical (unpaired) electrons. The van der Waals surface area contributed by atoms with Crippen LogP contribution in [-0.4, -0.2) is 14.8 Å². The largest absolute Gasteiger partial charge is 0.382 e. The summed E-state index contributed by atoms with van der Waals surface area (Å²) >= 11 is 3.27. The molecule has 0 saturated carbocycles. The van der Waals surface area contributed by atoms with E-state index in [1.54, 1.807) is 18.3 Å². The maximum atomic E-state index is 8.81. The molecule has 6 nitrogen and oxygen atoms in total. The molecule has 0 saturated heterocycles. The lowest BCUT2D eigenvalue weighted by Crippen LogP contribution is -2.04. The molecular weight excluding hydrogens is 272 g/mol. The van der Waals surface area contributed by atoms with Gasteiger partial charge in [0.1, 0.15) is 17.5 Å². The molecule has 0 bridgehead atoms. The number of halogens is 1. The summed E-state index contributed by atoms with van der Waals surface area (Å²) in [5.41, 5.74) is 11.5. The molecule has 2 rings (SSSR count). The predicted octanol–water partition coefficient (Wildman–Crippen LogP) is 1.07. The van der Waals surface area contributed by atoms with Crippen LogP contribution in [0.3, 0.4) is 0 Å². The standard InChI is InChI=1S/C9H7BrN6/c10-5-1-2-7(14-4-5)16-9(13)6(3-11)8(12)15-16/h1-2,4H,13H2,(H2,12,15). The van der Waals surface area contributed by atoms with Gasteiger partial charge in [-0.2, -0.15) is 9.94 Å². The van der Waals surface area contributed by atoms with E-state index in [0.717, 1.165) is 4.47 Å². The van der Waals surface area contributed by atoms with Crippen molar-refractivity contribution in [2.75, 3.05) is 11.5 Å². The summed E-state index contributed by atoms with van der Waals surface area (Å²) in [6.07, 6.45) is 1.61. The van der Waals surface area contributed by atoms with Gasteiger partial charge in [-0.15, -0.1) is 5.10 Å². The van der Waals surface area contributed by atoms with E-state index in [0.29, 0.717) is 5.82 Å². The Balaban J connectivity index is 2.58. The number of aromatic nitrogens is 3. The Hall–Kier alpha value is -2.07. The van der Waals surface area contributed by atoms with Crippen LogP contribution in [-0.2, 0) is 0 Å². The van der Waals surface area contributed by atoms with E-state index in [1.807, 2.05) is 6.07 Å². The van der Waals surface area contributed by atoms with Crippen LogP contribution < -0.4 is 11.5 Å². The summed E-state index contributed by atoms with van der Waals surface area (Å²) in [6, 6.07) is 5.41. The molecule has 0 amide bonds. The summed E-state index contributed by atoms with van der Waals surface area (Å²) < 4.78 is 2.18. The molecule has 16 heavy (non-hydrogen) atoms. The van der Waals surface area contributed by atoms with Crippen LogP contribution in [0.2, 0.25) is 0 Å². The maximum Gasteiger partial charge on any atom is 0.166 e. The molecule has 0 aliphatic carbocycles. The number of nitrogens with zero attached hydrogens (tertiary/aromatic N) is 4. The van der Waals surface area contributed by atoms with Gasteiger partial charge in [-0.25, -0.2) is 4.98 Å². The van der Waals surface area contributed by atoms with Crippen LogP contribution in [0.4, 0.5) is 11.6 Å². The average Bonchev–Trinajstić information content (AvgIpc) is 2.55. The first-order valence-electron chi connectivity index (χ1n) is 4.29. The van der Waals surface area contributed by atoms with Crippen molar-refractivity contribution in [2.45, 2.75) is 0 Å². The van der Waals surface area contributed by atoms with Crippen LogP contribution in [0, 0.1) is 11.3 Å². The number of anilines is 2. The molecule has 0 atom stereocenters. The number of hydrogen-bond acceptors (Lipinski definition) is 5. The highest BCUT2D eigenvalue weighted by Gasteiger charge is 2.14. The number of nitrogens with two attached hydrogens (primary N) is 2. The minimum Gasteiger partial charge on any atom is -0.382 e. The Labute approximate surface area is 99.6 Å². The Morgan fingerprint density at radius 1 is 1.38 bits per heavy atom. The quantitative estimate of drug-likeness (QED) is 0.811. The molecule has 2 aromatic rings. The normalized spacial score (nSPS) is 10.0. The molecule has 0 fully saturated rings. The molecule has 0 unspecified atom stereocenters. The van der Waals surface area contributed by atoms with Gasteiger partial charge in [0.15, 0.2) is 11.6 Å². The van der Waals surface area contributed by atoms with Crippen LogP contribution in [0.5, 0.6) is 0 Å². The number of pyridine rings is 1. The Morgan fingerprint density at radius 3 is 2.62 bits per heavy atom. The first-order valence-corrected chi connectivity index (χ1v) is 5.08. The zero-order chi connectivity index (χ0) is 11.7. The van der Waals surface area contributed by atoms with E-state index < -0.39 is 0 Å². The van der Waals surface area contributed by atoms with Crippen LogP contribution in [0.1, 0.15) is 5.56 Å². The van der Waals surface area contributed by atoms with Gasteiger partial charge in [0.2, 0.25) is 0 Å². The van der Waals surface area contributed by atoms with Gasteiger partial charge in [-0.1, -0.05) is 0 Å². The Morgan fingerprint density at radius 2 is 2.12 bits per heavy atom. The zero-order valence-electron chi connectivity index (χ0n) is 8.05. The van der Waals surface area contributed by atoms with Gasteiger partial charge in [0, 0.05) is 10.7 Å². The van der Waals surface area contributed by atoms with Gasteiger partial charge in [-0.3, -0.25) is 0 Å². The summed E-state index contributed by atoms with van der Waals surface area (Å²) in [6.45, 7) is 0. The lowest BCUT2D eigenvalue weighted by Gasteiger charge is -2.01. The second kappa shape index (κ2) is 3.83. The van der Waals surface area contributed by atoms with Crippen molar-refractivity contribution in [1.82, 2.24) is 14.8 Å². The second-order valence-corrected chi connectivity index (χ2v) is 3.92. The van der Waals surface area contributed by atoms with Crippen molar-refractivity contribution in [2.24, 2.45) is 0 Å². The molecule has 0 aromatic carbocycles. The van der Waals surface area contributed by atoms with Gasteiger partial charge in [0.25, 0.3) is 0 Å². The van der Waals surface area contributed by atoms with Crippen molar-refractivity contribution in [1.29, 1.82) is 5.26 Å². The molecule has 0 aliphatic heterocycles. The zero-order valence-corrected chi connectivity index (χ0v) is 9.64. The molecule has 0 spiro atoms. The van der Waals surface area contributed by atoms with Crippen molar-refractivity contribution >= 4 is 27.6 Å². The van der Waals surface area contributed by atoms with Gasteiger partial charge >= 0.3 is 0 Å². The van der Waals surface area contributed by atoms with Crippen LogP contribution in [0.15, 0.2) is 22.8 Å². The highest BCUT2D eigenvalue weighted by molar-refractivity contribution is 9.10. The van der Waals surface area contributed by atoms with Crippen LogP contribution >= 0.6 is 15.9 Å². The second-order valence-electron chi connectivity index (χ2n) is 3.00. The van der Waals surface area contributed by atoms with E-state index in [1.165, 1.54) is 4.68 Å². The van der Waals surface area contributed by atoms with Gasteiger partial charge < -0.3 is 11.5 Å². The van der Waals surface area contributed by atoms with E-state index in [-0.39, 0.29) is 17.2 Å². The maximum absolute atomic E-state index is 8.81. The number of nitrogen functional groups attached to an aromatic ring is 2. The smallest absolute Gasteiger partial charge is 0.166 e. The van der Waals surface area contributed by atoms with Gasteiger partial charge in [0.05, 0.1) is 0 Å². The molecule has 0 aliphatic rings. The van der Waals surface area contributed by atoms with E-state index >= 15 is 0 Å². The molecule has 2 aromatic heterocycles. The fourth-order valence-electron chi connectivity index (χ4n) is 1.23. The number of rotatable bonds is 1. The van der Waals surface area contributed by atoms with Gasteiger partial charge in [-0.05, 0) is 28.1 Å². The average molecular weight is 279 g/mol. The van der Waals surface area contributed by atoms with Crippen molar-refractivity contribution in [3.63, 3.8) is 0 Å². The Kier molecular flexibility index (Phi) is 2.50. The summed E-state index contributed by atoms with van der Waals surface area (Å²) in [5.74, 6) is 0.799. The predicted molar refractivity (Wildman–Crippen MR) is 62.6 cm³/mol. The minimum absolute atomic E-state index is 0.102. The molecular formula is C9H7BrN6. The van der Waals surface area contributed by atoms with E-state index in [4.69, 9.17) is 16.7 Å². The number of nitriles is 1. The molecule has 80 valence electrons. The summed E-state index contributed by atoms with van der Waals surface area (Å²) in [7, 11) is 0. The monoisotopic (exact) mass is 278 g/mol. The van der Waals surface area contributed by atoms with Crippen molar-refractivity contribution in [3.8, 4) is 11.9 Å². The fraction of sp³-hybridized carbons (Fsp3) is 0. The highest BCUT2D eigenvalue weighted by atomic mass is 79.9. The lowest BCUT2D eigenvalue weighted by molar-refractivity contribution is 0.861. The third kappa shape index (κ3) is 1.59. The van der Waals surface area contributed by atoms with E-state index in [2.05, 4.69) is 26.0 Å². The van der Waals surface area contributed by atoms with E-state index in [9.17, 15) is 0 Å². The molecule has 4 N–H and O–H groups in total. The first-order chi connectivity index (χ1) is 7.63. The Bertz CT molecular complexity index is 565. The first kappa shape index (κ1) is 10.4. The lowest BCUT2D eigenvalue weighted by atomic mass is 10.3. The van der Waals surface area contributed by atoms with Crippen LogP contribution in [0.25, 0.3) is 5.82 Å². The topological polar surface area (TPSA) is 107 Å².